The molecule has 0 unspecified atom stereocenters. The second-order valence-electron chi connectivity index (χ2n) is 4.94. The molecule has 0 saturated carbocycles. The topological polar surface area (TPSA) is 67.5 Å². The molecule has 1 aromatic rings. The number of unbranched alkanes of at least 4 members (excludes halogenated alkanes) is 1. The molecule has 2 rings (SSSR count). The minimum absolute atomic E-state index is 0.110. The van der Waals surface area contributed by atoms with E-state index in [1.165, 1.54) is 25.3 Å². The quantitative estimate of drug-likeness (QED) is 0.662. The van der Waals surface area contributed by atoms with Crippen LogP contribution >= 0.6 is 11.8 Å². The summed E-state index contributed by atoms with van der Waals surface area (Å²) in [6.07, 6.45) is 3.60. The number of nitro benzene ring substituents is 1. The number of nitrogens with zero attached hydrogens (tertiary/aromatic N) is 2. The number of aliphatic imine (C=N–C) groups is 1. The Kier molecular flexibility index (Phi) is 5.00. The highest BCUT2D eigenvalue weighted by molar-refractivity contribution is 8.14. The maximum Gasteiger partial charge on any atom is 0.269 e. The second kappa shape index (κ2) is 6.74. The fourth-order valence-electron chi connectivity index (χ4n) is 2.10. The van der Waals surface area contributed by atoms with Gasteiger partial charge in [0.15, 0.2) is 5.17 Å². The molecule has 20 heavy (non-hydrogen) atoms. The lowest BCUT2D eigenvalue weighted by Crippen LogP contribution is -2.26. The molecule has 5 nitrogen and oxygen atoms in total. The average molecular weight is 293 g/mol. The monoisotopic (exact) mass is 293 g/mol. The summed E-state index contributed by atoms with van der Waals surface area (Å²) in [6.45, 7) is 4.04. The molecule has 0 spiro atoms. The molecule has 1 fully saturated rings. The smallest absolute Gasteiger partial charge is 0.269 e. The van der Waals surface area contributed by atoms with E-state index in [1.807, 2.05) is 6.92 Å². The lowest BCUT2D eigenvalue weighted by Gasteiger charge is -2.08. The maximum absolute atomic E-state index is 10.7. The van der Waals surface area contributed by atoms with Crippen molar-refractivity contribution in [3.8, 4) is 0 Å². The molecule has 0 aromatic heterocycles. The van der Waals surface area contributed by atoms with E-state index in [-0.39, 0.29) is 10.6 Å². The Labute approximate surface area is 123 Å². The molecule has 0 aliphatic carbocycles. The lowest BCUT2D eigenvalue weighted by molar-refractivity contribution is -0.384. The Balaban J connectivity index is 2.06. The molecule has 0 radical (unpaired) electrons. The van der Waals surface area contributed by atoms with Gasteiger partial charge in [0.1, 0.15) is 0 Å². The van der Waals surface area contributed by atoms with Crippen molar-refractivity contribution in [2.75, 3.05) is 5.75 Å². The van der Waals surface area contributed by atoms with Gasteiger partial charge in [-0.1, -0.05) is 31.5 Å². The predicted molar refractivity (Wildman–Crippen MR) is 83.8 cm³/mol. The van der Waals surface area contributed by atoms with Gasteiger partial charge >= 0.3 is 0 Å². The molecule has 1 aliphatic heterocycles. The first-order valence-corrected chi connectivity index (χ1v) is 7.81. The van der Waals surface area contributed by atoms with Gasteiger partial charge in [-0.3, -0.25) is 10.1 Å². The standard InChI is InChI=1S/C14H19N3O2S/c1-3-4-5-11-9-20-14(15-11)16-13-7-6-12(17(18)19)8-10(13)2/h6-8,11H,3-5,9H2,1-2H3,(H,15,16)/t11-/m0/s1. The molecule has 1 aliphatic rings. The average Bonchev–Trinajstić information content (AvgIpc) is 2.86. The Hall–Kier alpha value is -1.56. The van der Waals surface area contributed by atoms with Gasteiger partial charge in [0.05, 0.1) is 10.6 Å². The second-order valence-corrected chi connectivity index (χ2v) is 5.95. The van der Waals surface area contributed by atoms with Gasteiger partial charge in [-0.15, -0.1) is 0 Å². The summed E-state index contributed by atoms with van der Waals surface area (Å²) < 4.78 is 0. The molecular weight excluding hydrogens is 274 g/mol. The molecular formula is C14H19N3O2S. The summed E-state index contributed by atoms with van der Waals surface area (Å²) in [4.78, 5) is 14.9. The van der Waals surface area contributed by atoms with Crippen LogP contribution in [-0.4, -0.2) is 21.9 Å². The van der Waals surface area contributed by atoms with E-state index in [2.05, 4.69) is 17.2 Å². The van der Waals surface area contributed by atoms with Crippen LogP contribution in [0.1, 0.15) is 31.7 Å². The van der Waals surface area contributed by atoms with Gasteiger partial charge in [-0.25, -0.2) is 4.99 Å². The number of nitrogens with one attached hydrogen (secondary N) is 1. The van der Waals surface area contributed by atoms with E-state index < -0.39 is 0 Å². The van der Waals surface area contributed by atoms with Crippen LogP contribution in [0.25, 0.3) is 0 Å². The zero-order valence-corrected chi connectivity index (χ0v) is 12.6. The first-order chi connectivity index (χ1) is 9.60. The maximum atomic E-state index is 10.7. The third-order valence-electron chi connectivity index (χ3n) is 3.27. The number of aryl methyl sites for hydroxylation is 1. The Morgan fingerprint density at radius 3 is 3.00 bits per heavy atom. The fourth-order valence-corrected chi connectivity index (χ4v) is 3.12. The zero-order chi connectivity index (χ0) is 14.5. The highest BCUT2D eigenvalue weighted by atomic mass is 32.2. The summed E-state index contributed by atoms with van der Waals surface area (Å²) >= 11 is 1.72. The molecule has 0 amide bonds. The van der Waals surface area contributed by atoms with Crippen LogP contribution in [0.4, 0.5) is 11.4 Å². The van der Waals surface area contributed by atoms with Crippen molar-refractivity contribution in [3.63, 3.8) is 0 Å². The number of thioether (sulfide) groups is 1. The highest BCUT2D eigenvalue weighted by Crippen LogP contribution is 2.26. The number of hydrogen-bond acceptors (Lipinski definition) is 4. The Morgan fingerprint density at radius 1 is 1.55 bits per heavy atom. The zero-order valence-electron chi connectivity index (χ0n) is 11.8. The molecule has 1 heterocycles. The van der Waals surface area contributed by atoms with Crippen molar-refractivity contribution >= 4 is 28.3 Å². The van der Waals surface area contributed by atoms with Gasteiger partial charge < -0.3 is 5.32 Å². The number of non-ortho nitro benzene ring substituents is 1. The predicted octanol–water partition coefficient (Wildman–Crippen LogP) is 3.79. The third kappa shape index (κ3) is 3.72. The van der Waals surface area contributed by atoms with Crippen LogP contribution < -0.4 is 5.32 Å². The summed E-state index contributed by atoms with van der Waals surface area (Å²) in [7, 11) is 0. The first-order valence-electron chi connectivity index (χ1n) is 6.83. The summed E-state index contributed by atoms with van der Waals surface area (Å²) in [5.41, 5.74) is 1.73. The van der Waals surface area contributed by atoms with Crippen LogP contribution in [0.3, 0.4) is 0 Å². The molecule has 6 heteroatoms. The molecule has 1 atom stereocenters. The van der Waals surface area contributed by atoms with Crippen molar-refractivity contribution in [1.29, 1.82) is 0 Å². The van der Waals surface area contributed by atoms with E-state index in [1.54, 1.807) is 23.9 Å². The van der Waals surface area contributed by atoms with Gasteiger partial charge in [0, 0.05) is 23.9 Å². The number of rotatable bonds is 5. The first kappa shape index (κ1) is 14.8. The van der Waals surface area contributed by atoms with Crippen LogP contribution in [-0.2, 0) is 0 Å². The SMILES string of the molecule is CCCC[C@H]1CSC(=Nc2ccc([N+](=O)[O-])cc2C)N1. The van der Waals surface area contributed by atoms with Crippen LogP contribution in [0.5, 0.6) is 0 Å². The van der Waals surface area contributed by atoms with Crippen molar-refractivity contribution < 1.29 is 4.92 Å². The normalized spacial score (nSPS) is 20.1. The number of nitro groups is 1. The van der Waals surface area contributed by atoms with Gasteiger partial charge in [-0.2, -0.15) is 0 Å². The summed E-state index contributed by atoms with van der Waals surface area (Å²) in [5, 5.41) is 15.0. The number of hydrogen-bond donors (Lipinski definition) is 1. The molecule has 0 bridgehead atoms. The number of benzene rings is 1. The fraction of sp³-hybridized carbons (Fsp3) is 0.500. The van der Waals surface area contributed by atoms with E-state index in [4.69, 9.17) is 0 Å². The van der Waals surface area contributed by atoms with Crippen LogP contribution in [0.15, 0.2) is 23.2 Å². The highest BCUT2D eigenvalue weighted by Gasteiger charge is 2.20. The molecule has 1 saturated heterocycles. The number of amidine groups is 1. The van der Waals surface area contributed by atoms with Gasteiger partial charge in [0.25, 0.3) is 5.69 Å². The molecule has 1 aromatic carbocycles. The minimum Gasteiger partial charge on any atom is -0.361 e. The molecule has 1 N–H and O–H groups in total. The largest absolute Gasteiger partial charge is 0.361 e. The lowest BCUT2D eigenvalue weighted by atomic mass is 10.1. The van der Waals surface area contributed by atoms with E-state index in [0.717, 1.165) is 22.2 Å². The minimum atomic E-state index is -0.382. The van der Waals surface area contributed by atoms with E-state index in [9.17, 15) is 10.1 Å². The third-order valence-corrected chi connectivity index (χ3v) is 4.32. The molecule has 108 valence electrons. The Bertz CT molecular complexity index is 531. The van der Waals surface area contributed by atoms with Crippen molar-refractivity contribution in [2.45, 2.75) is 39.2 Å². The van der Waals surface area contributed by atoms with Crippen LogP contribution in [0.2, 0.25) is 0 Å². The van der Waals surface area contributed by atoms with Crippen molar-refractivity contribution in [1.82, 2.24) is 5.32 Å². The summed E-state index contributed by atoms with van der Waals surface area (Å²) in [5.74, 6) is 1.05. The van der Waals surface area contributed by atoms with E-state index >= 15 is 0 Å². The van der Waals surface area contributed by atoms with Crippen LogP contribution in [0, 0.1) is 17.0 Å². The van der Waals surface area contributed by atoms with Crippen molar-refractivity contribution in [2.24, 2.45) is 4.99 Å². The van der Waals surface area contributed by atoms with Gasteiger partial charge in [0.2, 0.25) is 0 Å². The Morgan fingerprint density at radius 2 is 2.35 bits per heavy atom. The summed E-state index contributed by atoms with van der Waals surface area (Å²) in [6, 6.07) is 5.27. The van der Waals surface area contributed by atoms with E-state index in [0.29, 0.717) is 6.04 Å². The van der Waals surface area contributed by atoms with Crippen molar-refractivity contribution in [3.05, 3.63) is 33.9 Å². The van der Waals surface area contributed by atoms with Gasteiger partial charge in [-0.05, 0) is 25.0 Å².